The van der Waals surface area contributed by atoms with E-state index < -0.39 is 0 Å². The second kappa shape index (κ2) is 9.31. The number of aromatic nitrogens is 2. The molecule has 0 spiro atoms. The molecular formula is C19H18ClN3O2S. The number of carbonyl (C=O) groups excluding carboxylic acids is 1. The number of nitrogens with zero attached hydrogens (tertiary/aromatic N) is 2. The average molecular weight is 388 g/mol. The van der Waals surface area contributed by atoms with Crippen molar-refractivity contribution < 1.29 is 9.53 Å². The standard InChI is InChI=1S/C19H18ClN3O2S/c20-16-6-1-2-7-17(16)25-10-4-8-18(24)22-12-15-13-26-19(23-15)14-5-3-9-21-11-14/h1-3,5-7,9,11,13H,4,8,10,12H2,(H,22,24). The molecule has 0 radical (unpaired) electrons. The summed E-state index contributed by atoms with van der Waals surface area (Å²) >= 11 is 7.56. The molecule has 0 unspecified atom stereocenters. The lowest BCUT2D eigenvalue weighted by molar-refractivity contribution is -0.121. The molecule has 3 aromatic rings. The van der Waals surface area contributed by atoms with Gasteiger partial charge in [0, 0.05) is 29.8 Å². The van der Waals surface area contributed by atoms with Gasteiger partial charge in [0.2, 0.25) is 5.91 Å². The van der Waals surface area contributed by atoms with Gasteiger partial charge in [-0.05, 0) is 30.7 Å². The summed E-state index contributed by atoms with van der Waals surface area (Å²) < 4.78 is 5.57. The summed E-state index contributed by atoms with van der Waals surface area (Å²) in [7, 11) is 0. The lowest BCUT2D eigenvalue weighted by Gasteiger charge is -2.07. The van der Waals surface area contributed by atoms with Crippen molar-refractivity contribution >= 4 is 28.8 Å². The van der Waals surface area contributed by atoms with Crippen LogP contribution in [0.5, 0.6) is 5.75 Å². The first-order chi connectivity index (χ1) is 12.7. The maximum absolute atomic E-state index is 11.9. The third-order valence-corrected chi connectivity index (χ3v) is 4.82. The number of pyridine rings is 1. The van der Waals surface area contributed by atoms with Gasteiger partial charge in [0.1, 0.15) is 10.8 Å². The molecule has 1 amide bonds. The fraction of sp³-hybridized carbons (Fsp3) is 0.211. The van der Waals surface area contributed by atoms with Crippen molar-refractivity contribution in [2.45, 2.75) is 19.4 Å². The molecule has 0 aliphatic rings. The van der Waals surface area contributed by atoms with Crippen LogP contribution >= 0.6 is 22.9 Å². The van der Waals surface area contributed by atoms with Crippen LogP contribution in [0.3, 0.4) is 0 Å². The van der Waals surface area contributed by atoms with Gasteiger partial charge >= 0.3 is 0 Å². The highest BCUT2D eigenvalue weighted by molar-refractivity contribution is 7.13. The second-order valence-electron chi connectivity index (χ2n) is 5.54. The van der Waals surface area contributed by atoms with Crippen molar-refractivity contribution in [1.29, 1.82) is 0 Å². The zero-order chi connectivity index (χ0) is 18.2. The Morgan fingerprint density at radius 2 is 2.12 bits per heavy atom. The molecule has 26 heavy (non-hydrogen) atoms. The van der Waals surface area contributed by atoms with Gasteiger partial charge in [0.25, 0.3) is 0 Å². The van der Waals surface area contributed by atoms with Gasteiger partial charge in [-0.1, -0.05) is 23.7 Å². The number of para-hydroxylation sites is 1. The molecule has 1 N–H and O–H groups in total. The number of rotatable bonds is 8. The van der Waals surface area contributed by atoms with Crippen LogP contribution in [-0.2, 0) is 11.3 Å². The van der Waals surface area contributed by atoms with E-state index in [0.29, 0.717) is 36.8 Å². The van der Waals surface area contributed by atoms with Crippen LogP contribution in [0.4, 0.5) is 0 Å². The molecule has 134 valence electrons. The Kier molecular flexibility index (Phi) is 6.57. The molecule has 0 saturated heterocycles. The van der Waals surface area contributed by atoms with E-state index in [-0.39, 0.29) is 5.91 Å². The Morgan fingerprint density at radius 3 is 2.92 bits per heavy atom. The summed E-state index contributed by atoms with van der Waals surface area (Å²) in [5.74, 6) is 0.615. The summed E-state index contributed by atoms with van der Waals surface area (Å²) in [6.07, 6.45) is 4.52. The Balaban J connectivity index is 1.38. The van der Waals surface area contributed by atoms with Crippen molar-refractivity contribution in [3.63, 3.8) is 0 Å². The van der Waals surface area contributed by atoms with Crippen LogP contribution in [0.25, 0.3) is 10.6 Å². The Bertz CT molecular complexity index is 855. The third kappa shape index (κ3) is 5.28. The predicted molar refractivity (Wildman–Crippen MR) is 103 cm³/mol. The van der Waals surface area contributed by atoms with Gasteiger partial charge in [0.15, 0.2) is 0 Å². The average Bonchev–Trinajstić information content (AvgIpc) is 3.15. The maximum atomic E-state index is 11.9. The number of hydrogen-bond acceptors (Lipinski definition) is 5. The number of halogens is 1. The molecule has 0 aliphatic carbocycles. The number of carbonyl (C=O) groups is 1. The minimum Gasteiger partial charge on any atom is -0.492 e. The smallest absolute Gasteiger partial charge is 0.220 e. The molecule has 7 heteroatoms. The summed E-state index contributed by atoms with van der Waals surface area (Å²) in [4.78, 5) is 20.6. The molecule has 0 aliphatic heterocycles. The van der Waals surface area contributed by atoms with Crippen molar-refractivity contribution in [1.82, 2.24) is 15.3 Å². The van der Waals surface area contributed by atoms with Crippen LogP contribution in [0.1, 0.15) is 18.5 Å². The summed E-state index contributed by atoms with van der Waals surface area (Å²) in [6, 6.07) is 11.1. The normalized spacial score (nSPS) is 10.5. The van der Waals surface area contributed by atoms with Crippen LogP contribution in [0, 0.1) is 0 Å². The summed E-state index contributed by atoms with van der Waals surface area (Å²) in [5.41, 5.74) is 1.82. The molecule has 3 rings (SSSR count). The highest BCUT2D eigenvalue weighted by Gasteiger charge is 2.07. The Hall–Kier alpha value is -2.44. The fourth-order valence-corrected chi connectivity index (χ4v) is 3.26. The lowest BCUT2D eigenvalue weighted by atomic mass is 10.3. The summed E-state index contributed by atoms with van der Waals surface area (Å²) in [6.45, 7) is 0.861. The van der Waals surface area contributed by atoms with E-state index in [4.69, 9.17) is 16.3 Å². The van der Waals surface area contributed by atoms with Crippen LogP contribution in [0.2, 0.25) is 5.02 Å². The van der Waals surface area contributed by atoms with E-state index in [1.807, 2.05) is 35.7 Å². The van der Waals surface area contributed by atoms with Gasteiger partial charge in [0.05, 0.1) is 23.9 Å². The quantitative estimate of drug-likeness (QED) is 0.584. The fourth-order valence-electron chi connectivity index (χ4n) is 2.26. The van der Waals surface area contributed by atoms with Gasteiger partial charge in [-0.2, -0.15) is 0 Å². The van der Waals surface area contributed by atoms with E-state index in [9.17, 15) is 4.79 Å². The lowest BCUT2D eigenvalue weighted by Crippen LogP contribution is -2.23. The van der Waals surface area contributed by atoms with Crippen molar-refractivity contribution in [2.24, 2.45) is 0 Å². The first kappa shape index (κ1) is 18.4. The largest absolute Gasteiger partial charge is 0.492 e. The van der Waals surface area contributed by atoms with Crippen molar-refractivity contribution in [3.8, 4) is 16.3 Å². The SMILES string of the molecule is O=C(CCCOc1ccccc1Cl)NCc1csc(-c2cccnc2)n1. The molecule has 0 saturated carbocycles. The molecule has 1 aromatic carbocycles. The zero-order valence-corrected chi connectivity index (χ0v) is 15.6. The van der Waals surface area contributed by atoms with Gasteiger partial charge < -0.3 is 10.1 Å². The number of nitrogens with one attached hydrogen (secondary N) is 1. The van der Waals surface area contributed by atoms with Crippen molar-refractivity contribution in [3.05, 3.63) is 64.9 Å². The van der Waals surface area contributed by atoms with Crippen LogP contribution in [-0.4, -0.2) is 22.5 Å². The van der Waals surface area contributed by atoms with Gasteiger partial charge in [-0.15, -0.1) is 11.3 Å². The number of amides is 1. The number of benzene rings is 1. The van der Waals surface area contributed by atoms with Crippen LogP contribution in [0.15, 0.2) is 54.2 Å². The van der Waals surface area contributed by atoms with Crippen molar-refractivity contribution in [2.75, 3.05) is 6.61 Å². The Morgan fingerprint density at radius 1 is 1.23 bits per heavy atom. The molecule has 2 aromatic heterocycles. The van der Waals surface area contributed by atoms with E-state index in [1.165, 1.54) is 11.3 Å². The molecule has 0 atom stereocenters. The van der Waals surface area contributed by atoms with Gasteiger partial charge in [-0.3, -0.25) is 9.78 Å². The van der Waals surface area contributed by atoms with E-state index >= 15 is 0 Å². The number of ether oxygens (including phenoxy) is 1. The van der Waals surface area contributed by atoms with E-state index in [2.05, 4.69) is 15.3 Å². The number of hydrogen-bond donors (Lipinski definition) is 1. The monoisotopic (exact) mass is 387 g/mol. The minimum atomic E-state index is -0.0244. The topological polar surface area (TPSA) is 64.1 Å². The van der Waals surface area contributed by atoms with E-state index in [0.717, 1.165) is 16.3 Å². The second-order valence-corrected chi connectivity index (χ2v) is 6.81. The molecule has 2 heterocycles. The number of thiazole rings is 1. The predicted octanol–water partition coefficient (Wildman–Crippen LogP) is 4.33. The molecule has 5 nitrogen and oxygen atoms in total. The summed E-state index contributed by atoms with van der Waals surface area (Å²) in [5, 5.41) is 6.30. The maximum Gasteiger partial charge on any atom is 0.220 e. The molecular weight excluding hydrogens is 370 g/mol. The highest BCUT2D eigenvalue weighted by Crippen LogP contribution is 2.23. The highest BCUT2D eigenvalue weighted by atomic mass is 35.5. The molecule has 0 bridgehead atoms. The first-order valence-electron chi connectivity index (χ1n) is 8.21. The van der Waals surface area contributed by atoms with Gasteiger partial charge in [-0.25, -0.2) is 4.98 Å². The third-order valence-electron chi connectivity index (χ3n) is 3.57. The van der Waals surface area contributed by atoms with E-state index in [1.54, 1.807) is 18.5 Å². The van der Waals surface area contributed by atoms with Crippen LogP contribution < -0.4 is 10.1 Å². The minimum absolute atomic E-state index is 0.0244. The Labute approximate surface area is 161 Å². The zero-order valence-electron chi connectivity index (χ0n) is 14.0. The first-order valence-corrected chi connectivity index (χ1v) is 9.47. The molecule has 0 fully saturated rings.